The summed E-state index contributed by atoms with van der Waals surface area (Å²) in [5.74, 6) is 0.226. The molecule has 1 fully saturated rings. The number of phenols is 1. The second-order valence-corrected chi connectivity index (χ2v) is 16.0. The van der Waals surface area contributed by atoms with Crippen LogP contribution in [0.4, 0.5) is 16.2 Å². The molecule has 0 spiro atoms. The highest BCUT2D eigenvalue weighted by molar-refractivity contribution is 5.93. The molecule has 1 aliphatic rings. The third kappa shape index (κ3) is 13.4. The van der Waals surface area contributed by atoms with Gasteiger partial charge in [-0.3, -0.25) is 19.7 Å². The molecule has 5 N–H and O–H groups in total. The van der Waals surface area contributed by atoms with Crippen LogP contribution in [0.15, 0.2) is 132 Å². The molecule has 0 aliphatic carbocycles. The molecular weight excluding hydrogens is 795 g/mol. The summed E-state index contributed by atoms with van der Waals surface area (Å²) < 4.78 is 5.72. The van der Waals surface area contributed by atoms with Gasteiger partial charge in [-0.1, -0.05) is 91.0 Å². The number of para-hydroxylation sites is 1. The first-order valence-corrected chi connectivity index (χ1v) is 21.4. The van der Waals surface area contributed by atoms with Gasteiger partial charge < -0.3 is 35.1 Å². The molecule has 63 heavy (non-hydrogen) atoms. The van der Waals surface area contributed by atoms with E-state index < -0.39 is 12.2 Å². The van der Waals surface area contributed by atoms with Gasteiger partial charge in [0.25, 0.3) is 0 Å². The van der Waals surface area contributed by atoms with Gasteiger partial charge in [-0.25, -0.2) is 4.79 Å². The molecule has 2 heterocycles. The van der Waals surface area contributed by atoms with Gasteiger partial charge in [-0.2, -0.15) is 0 Å². The highest BCUT2D eigenvalue weighted by Crippen LogP contribution is 2.30. The van der Waals surface area contributed by atoms with E-state index in [1.54, 1.807) is 24.0 Å². The number of piperidine rings is 1. The summed E-state index contributed by atoms with van der Waals surface area (Å²) in [5.41, 5.74) is 7.62. The van der Waals surface area contributed by atoms with Crippen molar-refractivity contribution >= 4 is 40.1 Å². The van der Waals surface area contributed by atoms with Crippen molar-refractivity contribution in [3.63, 3.8) is 0 Å². The van der Waals surface area contributed by atoms with Crippen molar-refractivity contribution < 1.29 is 29.3 Å². The molecule has 12 nitrogen and oxygen atoms in total. The molecule has 6 aromatic rings. The number of anilines is 2. The molecule has 12 heteroatoms. The number of benzene rings is 5. The number of carbonyl (C=O) groups is 3. The third-order valence-electron chi connectivity index (χ3n) is 11.1. The normalized spacial score (nSPS) is 13.4. The number of hydrogen-bond acceptors (Lipinski definition) is 9. The number of amides is 2. The van der Waals surface area contributed by atoms with Gasteiger partial charge in [0.1, 0.15) is 17.6 Å². The van der Waals surface area contributed by atoms with Gasteiger partial charge in [0.2, 0.25) is 11.5 Å². The van der Waals surface area contributed by atoms with Crippen LogP contribution in [0.25, 0.3) is 22.0 Å². The molecule has 7 rings (SSSR count). The zero-order chi connectivity index (χ0) is 44.7. The second kappa shape index (κ2) is 22.5. The fourth-order valence-electron chi connectivity index (χ4n) is 7.65. The van der Waals surface area contributed by atoms with E-state index in [2.05, 4.69) is 20.5 Å². The highest BCUT2D eigenvalue weighted by Gasteiger charge is 2.24. The van der Waals surface area contributed by atoms with Crippen LogP contribution in [0.1, 0.15) is 54.5 Å². The molecule has 0 radical (unpaired) electrons. The number of carbonyl (C=O) groups excluding carboxylic acids is 3. The number of aliphatic hydroxyl groups is 1. The summed E-state index contributed by atoms with van der Waals surface area (Å²) in [4.78, 5) is 54.4. The van der Waals surface area contributed by atoms with Gasteiger partial charge in [0, 0.05) is 68.8 Å². The van der Waals surface area contributed by atoms with Crippen molar-refractivity contribution in [3.05, 3.63) is 160 Å². The van der Waals surface area contributed by atoms with Crippen LogP contribution < -0.4 is 21.1 Å². The van der Waals surface area contributed by atoms with Crippen LogP contribution in [-0.2, 0) is 27.2 Å². The first-order valence-electron chi connectivity index (χ1n) is 21.4. The zero-order valence-electron chi connectivity index (χ0n) is 36.2. The quantitative estimate of drug-likeness (QED) is 0.0645. The molecule has 0 saturated carbocycles. The molecule has 328 valence electrons. The number of phenolic OH excluding ortho intramolecular Hbond substituents is 1. The molecule has 1 aliphatic heterocycles. The lowest BCUT2D eigenvalue weighted by molar-refractivity contribution is -0.119. The third-order valence-corrected chi connectivity index (χ3v) is 11.1. The number of hydrogen-bond donors (Lipinski definition) is 5. The molecule has 1 atom stereocenters. The lowest BCUT2D eigenvalue weighted by Crippen LogP contribution is -2.40. The van der Waals surface area contributed by atoms with Crippen molar-refractivity contribution in [2.24, 2.45) is 0 Å². The second-order valence-electron chi connectivity index (χ2n) is 16.0. The number of H-pyrrole nitrogens is 1. The van der Waals surface area contributed by atoms with E-state index in [0.717, 1.165) is 71.5 Å². The number of nitrogens with zero attached hydrogens (tertiary/aromatic N) is 2. The number of aryl methyl sites for hydroxylation is 1. The SMILES string of the molecule is CC(=O)Cc1ccc(CCNC[C@H](O)c2ccc(O)c3[nH]c(=O)ccc23)cc1.Cc1cccc(N(C)C(=O)CCN2CCC(OC(=O)Nc3ccccc3-c3ccccc3)CC2)c1. The minimum Gasteiger partial charge on any atom is -0.506 e. The van der Waals surface area contributed by atoms with Crippen LogP contribution in [-0.4, -0.2) is 83.8 Å². The van der Waals surface area contributed by atoms with Crippen molar-refractivity contribution in [1.82, 2.24) is 15.2 Å². The van der Waals surface area contributed by atoms with Gasteiger partial charge in [-0.15, -0.1) is 0 Å². The summed E-state index contributed by atoms with van der Waals surface area (Å²) in [6.45, 7) is 6.96. The Morgan fingerprint density at radius 2 is 1.59 bits per heavy atom. The fraction of sp³-hybridized carbons (Fsp3) is 0.294. The van der Waals surface area contributed by atoms with Gasteiger partial charge in [-0.05, 0) is 97.8 Å². The van der Waals surface area contributed by atoms with E-state index in [9.17, 15) is 29.4 Å². The number of aromatic amines is 1. The van der Waals surface area contributed by atoms with E-state index in [1.165, 1.54) is 12.1 Å². The number of ether oxygens (including phenoxy) is 1. The average molecular weight is 852 g/mol. The lowest BCUT2D eigenvalue weighted by Gasteiger charge is -2.31. The monoisotopic (exact) mass is 851 g/mol. The van der Waals surface area contributed by atoms with Gasteiger partial charge in [0.05, 0.1) is 17.3 Å². The molecule has 5 aromatic carbocycles. The standard InChI is InChI=1S/C29H33N3O3.C22H24N2O4/c1-22-9-8-12-24(21-22)31(2)28(33)17-20-32-18-15-25(16-19-32)35-29(34)30-27-14-7-6-13-26(27)23-10-4-3-5-11-23;1-14(25)12-16-4-2-15(3-5-16)10-11-23-13-20(27)17-6-8-19(26)22-18(17)7-9-21(28)24-22/h3-14,21,25H,15-20H2,1-2H3,(H,30,34);2-9,20,23,26-27H,10-13H2,1H3,(H,24,28)/t;20-/m.0/s1. The minimum atomic E-state index is -0.771. The minimum absolute atomic E-state index is 0.0233. The Morgan fingerprint density at radius 3 is 2.32 bits per heavy atom. The summed E-state index contributed by atoms with van der Waals surface area (Å²) in [6.07, 6.45) is 1.92. The molecule has 2 amide bonds. The van der Waals surface area contributed by atoms with E-state index in [4.69, 9.17) is 4.74 Å². The van der Waals surface area contributed by atoms with Gasteiger partial charge in [0.15, 0.2) is 0 Å². The molecule has 1 aromatic heterocycles. The number of Topliss-reactive ketones (excluding diaryl/α,β-unsaturated/α-hetero) is 1. The maximum atomic E-state index is 12.6. The Bertz CT molecular complexity index is 2520. The highest BCUT2D eigenvalue weighted by atomic mass is 16.6. The molecule has 1 saturated heterocycles. The predicted octanol–water partition coefficient (Wildman–Crippen LogP) is 7.96. The number of aliphatic hydroxyl groups excluding tert-OH is 1. The molecular formula is C51H57N5O7. The first kappa shape index (κ1) is 45.9. The van der Waals surface area contributed by atoms with Crippen LogP contribution in [0.2, 0.25) is 0 Å². The van der Waals surface area contributed by atoms with Crippen molar-refractivity contribution in [1.29, 1.82) is 0 Å². The van der Waals surface area contributed by atoms with Crippen molar-refractivity contribution in [3.8, 4) is 16.9 Å². The maximum Gasteiger partial charge on any atom is 0.411 e. The largest absolute Gasteiger partial charge is 0.506 e. The number of pyridine rings is 1. The van der Waals surface area contributed by atoms with Crippen LogP contribution in [0.3, 0.4) is 0 Å². The predicted molar refractivity (Wildman–Crippen MR) is 249 cm³/mol. The van der Waals surface area contributed by atoms with E-state index in [-0.39, 0.29) is 29.1 Å². The summed E-state index contributed by atoms with van der Waals surface area (Å²) >= 11 is 0. The first-order chi connectivity index (χ1) is 30.4. The number of aromatic hydroxyl groups is 1. The van der Waals surface area contributed by atoms with Crippen LogP contribution >= 0.6 is 0 Å². The number of rotatable bonds is 15. The Hall–Kier alpha value is -6.60. The molecule has 0 bridgehead atoms. The Labute approximate surface area is 368 Å². The van der Waals surface area contributed by atoms with E-state index in [0.29, 0.717) is 48.9 Å². The fourth-order valence-corrected chi connectivity index (χ4v) is 7.65. The molecule has 0 unspecified atom stereocenters. The van der Waals surface area contributed by atoms with Crippen LogP contribution in [0.5, 0.6) is 5.75 Å². The zero-order valence-corrected chi connectivity index (χ0v) is 36.2. The smallest absolute Gasteiger partial charge is 0.411 e. The summed E-state index contributed by atoms with van der Waals surface area (Å²) in [7, 11) is 1.83. The number of ketones is 1. The van der Waals surface area contributed by atoms with E-state index in [1.807, 2.05) is 117 Å². The number of nitrogens with one attached hydrogen (secondary N) is 3. The Balaban J connectivity index is 0.000000215. The average Bonchev–Trinajstić information content (AvgIpc) is 3.28. The summed E-state index contributed by atoms with van der Waals surface area (Å²) in [6, 6.07) is 39.7. The maximum absolute atomic E-state index is 12.6. The number of aromatic nitrogens is 1. The van der Waals surface area contributed by atoms with Crippen molar-refractivity contribution in [2.45, 2.75) is 58.2 Å². The number of likely N-dealkylation sites (tertiary alicyclic amines) is 1. The lowest BCUT2D eigenvalue weighted by atomic mass is 10.0. The topological polar surface area (TPSA) is 164 Å². The number of fused-ring (bicyclic) bond motifs is 1. The Kier molecular flexibility index (Phi) is 16.4. The van der Waals surface area contributed by atoms with E-state index >= 15 is 0 Å². The van der Waals surface area contributed by atoms with Gasteiger partial charge >= 0.3 is 6.09 Å². The Morgan fingerprint density at radius 1 is 0.873 bits per heavy atom. The summed E-state index contributed by atoms with van der Waals surface area (Å²) in [5, 5.41) is 27.2. The van der Waals surface area contributed by atoms with Crippen molar-refractivity contribution in [2.75, 3.05) is 50.0 Å². The van der Waals surface area contributed by atoms with Crippen LogP contribution in [0, 0.1) is 6.92 Å².